The van der Waals surface area contributed by atoms with Crippen molar-refractivity contribution in [2.75, 3.05) is 6.54 Å². The van der Waals surface area contributed by atoms with Gasteiger partial charge in [-0.3, -0.25) is 14.9 Å². The van der Waals surface area contributed by atoms with Crippen molar-refractivity contribution in [2.24, 2.45) is 11.7 Å². The first-order chi connectivity index (χ1) is 11.1. The van der Waals surface area contributed by atoms with Crippen LogP contribution in [0.2, 0.25) is 0 Å². The number of urea groups is 1. The Morgan fingerprint density at radius 2 is 1.67 bits per heavy atom. The number of amides is 3. The van der Waals surface area contributed by atoms with E-state index in [4.69, 9.17) is 5.73 Å². The minimum absolute atomic E-state index is 0.0419. The minimum atomic E-state index is -0.655. The third-order valence-electron chi connectivity index (χ3n) is 3.41. The maximum Gasteiger partial charge on any atom is 0.312 e. The summed E-state index contributed by atoms with van der Waals surface area (Å²) in [7, 11) is 0. The van der Waals surface area contributed by atoms with Gasteiger partial charge < -0.3 is 16.4 Å². The highest BCUT2D eigenvalue weighted by Gasteiger charge is 2.28. The van der Waals surface area contributed by atoms with Crippen LogP contribution in [0.25, 0.3) is 0 Å². The maximum atomic E-state index is 12.5. The molecule has 7 nitrogen and oxygen atoms in total. The summed E-state index contributed by atoms with van der Waals surface area (Å²) >= 11 is 8.42. The molecule has 0 aromatic carbocycles. The number of Topliss-reactive ketones (excluding diaryl/α,β-unsaturated/α-hetero) is 1. The summed E-state index contributed by atoms with van der Waals surface area (Å²) in [5, 5.41) is 7.70. The van der Waals surface area contributed by atoms with Gasteiger partial charge in [0, 0.05) is 11.9 Å². The van der Waals surface area contributed by atoms with Crippen LogP contribution in [0.3, 0.4) is 0 Å². The van der Waals surface area contributed by atoms with E-state index in [9.17, 15) is 14.4 Å². The Labute approximate surface area is 155 Å². The molecule has 5 N–H and O–H groups in total. The topological polar surface area (TPSA) is 113 Å². The van der Waals surface area contributed by atoms with Gasteiger partial charge in [-0.05, 0) is 32.6 Å². The fraction of sp³-hybridized carbons (Fsp3) is 0.800. The van der Waals surface area contributed by atoms with E-state index in [0.717, 1.165) is 0 Å². The zero-order chi connectivity index (χ0) is 18.9. The van der Waals surface area contributed by atoms with Crippen LogP contribution in [0.5, 0.6) is 0 Å². The van der Waals surface area contributed by atoms with Crippen molar-refractivity contribution in [3.05, 3.63) is 0 Å². The molecule has 0 aromatic rings. The quantitative estimate of drug-likeness (QED) is 0.180. The van der Waals surface area contributed by atoms with Gasteiger partial charge in [0.05, 0.1) is 17.3 Å². The summed E-state index contributed by atoms with van der Waals surface area (Å²) in [6.45, 7) is 7.68. The Kier molecular flexibility index (Phi) is 11.1. The zero-order valence-corrected chi connectivity index (χ0v) is 16.5. The summed E-state index contributed by atoms with van der Waals surface area (Å²) < 4.78 is 0. The summed E-state index contributed by atoms with van der Waals surface area (Å²) in [6.07, 6.45) is 0.917. The van der Waals surface area contributed by atoms with Crippen molar-refractivity contribution >= 4 is 43.0 Å². The van der Waals surface area contributed by atoms with Crippen molar-refractivity contribution in [1.29, 1.82) is 0 Å². The van der Waals surface area contributed by atoms with Crippen LogP contribution < -0.4 is 21.7 Å². The zero-order valence-electron chi connectivity index (χ0n) is 14.7. The number of rotatable bonds is 11. The van der Waals surface area contributed by atoms with Crippen molar-refractivity contribution in [3.63, 3.8) is 0 Å². The summed E-state index contributed by atoms with van der Waals surface area (Å²) in [4.78, 5) is 35.5. The standard InChI is InChI=1S/C15H30N4O3S2/c1-8(2)12(18-10(4)24)14(21)19-11(13(20)9(3)23)6-5-7-17-15(16)22/h8-12,18,23-24H,5-7H2,1-4H3,(H,19,21)(H3,16,17,22)/t9?,10-,11-,12-/m0/s1. The monoisotopic (exact) mass is 378 g/mol. The van der Waals surface area contributed by atoms with E-state index in [-0.39, 0.29) is 23.0 Å². The molecule has 0 spiro atoms. The van der Waals surface area contributed by atoms with E-state index in [2.05, 4.69) is 41.2 Å². The number of carbonyl (C=O) groups is 3. The highest BCUT2D eigenvalue weighted by Crippen LogP contribution is 2.09. The van der Waals surface area contributed by atoms with Gasteiger partial charge in [-0.25, -0.2) is 4.79 Å². The van der Waals surface area contributed by atoms with Crippen molar-refractivity contribution in [1.82, 2.24) is 16.0 Å². The average Bonchev–Trinajstić information content (AvgIpc) is 2.45. The van der Waals surface area contributed by atoms with Gasteiger partial charge in [0.1, 0.15) is 0 Å². The van der Waals surface area contributed by atoms with Crippen LogP contribution in [0.1, 0.15) is 40.5 Å². The van der Waals surface area contributed by atoms with Crippen LogP contribution >= 0.6 is 25.3 Å². The second-order valence-corrected chi connectivity index (χ2v) is 7.69. The van der Waals surface area contributed by atoms with Crippen LogP contribution in [0, 0.1) is 5.92 Å². The highest BCUT2D eigenvalue weighted by molar-refractivity contribution is 7.81. The van der Waals surface area contributed by atoms with Crippen molar-refractivity contribution in [2.45, 2.75) is 63.2 Å². The van der Waals surface area contributed by atoms with E-state index in [1.807, 2.05) is 20.8 Å². The van der Waals surface area contributed by atoms with Gasteiger partial charge in [0.15, 0.2) is 5.78 Å². The average molecular weight is 379 g/mol. The molecule has 0 aromatic heterocycles. The number of carbonyl (C=O) groups excluding carboxylic acids is 3. The van der Waals surface area contributed by atoms with E-state index in [0.29, 0.717) is 19.4 Å². The number of primary amides is 1. The van der Waals surface area contributed by atoms with Crippen LogP contribution in [-0.4, -0.2) is 47.0 Å². The first kappa shape index (κ1) is 23.1. The molecule has 0 aliphatic heterocycles. The summed E-state index contributed by atoms with van der Waals surface area (Å²) in [6, 6.07) is -1.72. The third kappa shape index (κ3) is 9.39. The number of nitrogens with two attached hydrogens (primary N) is 1. The molecule has 0 saturated heterocycles. The SMILES string of the molecule is CC(S)C(=O)[C@H](CCCNC(N)=O)NC(=O)[C@@H](N[C@H](C)S)C(C)C. The molecule has 9 heteroatoms. The molecule has 0 fully saturated rings. The van der Waals surface area contributed by atoms with Crippen molar-refractivity contribution < 1.29 is 14.4 Å². The highest BCUT2D eigenvalue weighted by atomic mass is 32.1. The molecule has 24 heavy (non-hydrogen) atoms. The van der Waals surface area contributed by atoms with Crippen molar-refractivity contribution in [3.8, 4) is 0 Å². The van der Waals surface area contributed by atoms with Gasteiger partial charge in [0.25, 0.3) is 0 Å². The molecule has 1 unspecified atom stereocenters. The van der Waals surface area contributed by atoms with Gasteiger partial charge in [-0.15, -0.1) is 0 Å². The molecule has 0 radical (unpaired) electrons. The Bertz CT molecular complexity index is 431. The lowest BCUT2D eigenvalue weighted by Crippen LogP contribution is -2.54. The van der Waals surface area contributed by atoms with E-state index in [1.165, 1.54) is 0 Å². The van der Waals surface area contributed by atoms with E-state index in [1.54, 1.807) is 6.92 Å². The first-order valence-electron chi connectivity index (χ1n) is 8.05. The van der Waals surface area contributed by atoms with Gasteiger partial charge in [0.2, 0.25) is 5.91 Å². The predicted molar refractivity (Wildman–Crippen MR) is 102 cm³/mol. The molecular formula is C15H30N4O3S2. The molecule has 0 heterocycles. The summed E-state index contributed by atoms with van der Waals surface area (Å²) in [5.74, 6) is -0.367. The Morgan fingerprint density at radius 1 is 1.08 bits per heavy atom. The van der Waals surface area contributed by atoms with Gasteiger partial charge in [-0.2, -0.15) is 25.3 Å². The molecule has 0 aliphatic carbocycles. The molecule has 0 aliphatic rings. The molecular weight excluding hydrogens is 348 g/mol. The van der Waals surface area contributed by atoms with Crippen LogP contribution in [0.4, 0.5) is 4.79 Å². The van der Waals surface area contributed by atoms with Gasteiger partial charge in [-0.1, -0.05) is 13.8 Å². The lowest BCUT2D eigenvalue weighted by Gasteiger charge is -2.27. The number of hydrogen-bond acceptors (Lipinski definition) is 6. The Balaban J connectivity index is 4.85. The lowest BCUT2D eigenvalue weighted by atomic mass is 10.00. The fourth-order valence-corrected chi connectivity index (χ4v) is 2.53. The smallest absolute Gasteiger partial charge is 0.312 e. The molecule has 0 bridgehead atoms. The molecule has 4 atom stereocenters. The third-order valence-corrected chi connectivity index (χ3v) is 3.81. The van der Waals surface area contributed by atoms with Crippen LogP contribution in [0.15, 0.2) is 0 Å². The van der Waals surface area contributed by atoms with Gasteiger partial charge >= 0.3 is 6.03 Å². The lowest BCUT2D eigenvalue weighted by molar-refractivity contribution is -0.129. The van der Waals surface area contributed by atoms with Crippen LogP contribution in [-0.2, 0) is 9.59 Å². The number of ketones is 1. The number of nitrogens with one attached hydrogen (secondary N) is 3. The number of thiol groups is 2. The predicted octanol–water partition coefficient (Wildman–Crippen LogP) is 0.697. The van der Waals surface area contributed by atoms with E-state index < -0.39 is 23.4 Å². The normalized spacial score (nSPS) is 16.1. The van der Waals surface area contributed by atoms with E-state index >= 15 is 0 Å². The second kappa shape index (κ2) is 11.6. The number of hydrogen-bond donors (Lipinski definition) is 6. The first-order valence-corrected chi connectivity index (χ1v) is 9.09. The summed E-state index contributed by atoms with van der Waals surface area (Å²) in [5.41, 5.74) is 5.00. The molecule has 0 saturated carbocycles. The minimum Gasteiger partial charge on any atom is -0.352 e. The largest absolute Gasteiger partial charge is 0.352 e. The fourth-order valence-electron chi connectivity index (χ4n) is 2.19. The molecule has 0 rings (SSSR count). The molecule has 140 valence electrons. The maximum absolute atomic E-state index is 12.5. The Hall–Kier alpha value is -0.930. The molecule has 3 amide bonds. The Morgan fingerprint density at radius 3 is 2.08 bits per heavy atom. The second-order valence-electron chi connectivity index (χ2n) is 6.14.